The van der Waals surface area contributed by atoms with E-state index in [4.69, 9.17) is 20.8 Å². The van der Waals surface area contributed by atoms with Crippen LogP contribution < -0.4 is 10.1 Å². The molecule has 0 spiro atoms. The summed E-state index contributed by atoms with van der Waals surface area (Å²) in [6.07, 6.45) is 1.62. The normalized spacial score (nSPS) is 11.9. The van der Waals surface area contributed by atoms with Gasteiger partial charge in [0.25, 0.3) is 0 Å². The number of carbonyl (C=O) groups is 1. The predicted molar refractivity (Wildman–Crippen MR) is 130 cm³/mol. The van der Waals surface area contributed by atoms with Crippen molar-refractivity contribution in [2.24, 2.45) is 0 Å². The predicted octanol–water partition coefficient (Wildman–Crippen LogP) is 5.93. The van der Waals surface area contributed by atoms with Gasteiger partial charge in [0.05, 0.1) is 29.9 Å². The molecule has 2 aromatic carbocycles. The van der Waals surface area contributed by atoms with Crippen LogP contribution in [0.25, 0.3) is 17.1 Å². The summed E-state index contributed by atoms with van der Waals surface area (Å²) in [5, 5.41) is 12.4. The second kappa shape index (κ2) is 9.72. The van der Waals surface area contributed by atoms with E-state index < -0.39 is 5.25 Å². The Bertz CT molecular complexity index is 1290. The third-order valence-electron chi connectivity index (χ3n) is 5.14. The number of hydrogen-bond donors (Lipinski definition) is 1. The summed E-state index contributed by atoms with van der Waals surface area (Å²) in [5.74, 6) is 1.70. The summed E-state index contributed by atoms with van der Waals surface area (Å²) in [6.45, 7) is 5.57. The SMILES string of the molecule is COc1cc(Cl)c(C)cc1NC(=O)C(C)Sc1nnc(-c2ccoc2C)n1-c1ccccc1. The van der Waals surface area contributed by atoms with Gasteiger partial charge in [-0.05, 0) is 50.6 Å². The number of halogens is 1. The molecule has 0 saturated heterocycles. The average Bonchev–Trinajstić information content (AvgIpc) is 3.42. The summed E-state index contributed by atoms with van der Waals surface area (Å²) in [7, 11) is 1.54. The molecule has 170 valence electrons. The van der Waals surface area contributed by atoms with Crippen molar-refractivity contribution in [2.45, 2.75) is 31.2 Å². The van der Waals surface area contributed by atoms with Crippen LogP contribution >= 0.6 is 23.4 Å². The van der Waals surface area contributed by atoms with Crippen LogP contribution in [0.1, 0.15) is 18.2 Å². The van der Waals surface area contributed by atoms with Gasteiger partial charge in [-0.3, -0.25) is 9.36 Å². The number of anilines is 1. The van der Waals surface area contributed by atoms with Gasteiger partial charge < -0.3 is 14.5 Å². The van der Waals surface area contributed by atoms with E-state index >= 15 is 0 Å². The molecule has 0 bridgehead atoms. The first-order chi connectivity index (χ1) is 15.9. The second-order valence-corrected chi connectivity index (χ2v) is 9.13. The molecule has 1 N–H and O–H groups in total. The number of ether oxygens (including phenoxy) is 1. The van der Waals surface area contributed by atoms with Crippen LogP contribution in [-0.2, 0) is 4.79 Å². The monoisotopic (exact) mass is 482 g/mol. The van der Waals surface area contributed by atoms with E-state index in [1.807, 2.05) is 61.7 Å². The molecule has 0 radical (unpaired) electrons. The van der Waals surface area contributed by atoms with E-state index in [2.05, 4.69) is 15.5 Å². The molecule has 4 rings (SSSR count). The number of nitrogens with zero attached hydrogens (tertiary/aromatic N) is 3. The van der Waals surface area contributed by atoms with E-state index in [1.54, 1.807) is 18.4 Å². The molecule has 1 atom stereocenters. The summed E-state index contributed by atoms with van der Waals surface area (Å²) >= 11 is 7.50. The highest BCUT2D eigenvalue weighted by atomic mass is 35.5. The van der Waals surface area contributed by atoms with Crippen LogP contribution in [0.3, 0.4) is 0 Å². The van der Waals surface area contributed by atoms with Crippen LogP contribution in [0.2, 0.25) is 5.02 Å². The number of carbonyl (C=O) groups excluding carboxylic acids is 1. The Morgan fingerprint density at radius 2 is 1.94 bits per heavy atom. The van der Waals surface area contributed by atoms with Gasteiger partial charge in [0.2, 0.25) is 5.91 Å². The summed E-state index contributed by atoms with van der Waals surface area (Å²) < 4.78 is 12.8. The zero-order valence-electron chi connectivity index (χ0n) is 18.6. The maximum absolute atomic E-state index is 13.0. The van der Waals surface area contributed by atoms with Crippen LogP contribution in [0.4, 0.5) is 5.69 Å². The molecule has 33 heavy (non-hydrogen) atoms. The van der Waals surface area contributed by atoms with Crippen molar-refractivity contribution in [3.05, 3.63) is 71.1 Å². The minimum atomic E-state index is -0.462. The summed E-state index contributed by atoms with van der Waals surface area (Å²) in [6, 6.07) is 15.1. The standard InChI is InChI=1S/C24H23ClN4O3S/c1-14-12-20(21(31-4)13-19(14)25)26-23(30)16(3)33-24-28-27-22(18-10-11-32-15(18)2)29(24)17-8-6-5-7-9-17/h5-13,16H,1-4H3,(H,26,30). The van der Waals surface area contributed by atoms with Crippen molar-refractivity contribution in [2.75, 3.05) is 12.4 Å². The fraction of sp³-hybridized carbons (Fsp3) is 0.208. The van der Waals surface area contributed by atoms with Crippen molar-refractivity contribution in [3.8, 4) is 22.8 Å². The summed E-state index contributed by atoms with van der Waals surface area (Å²) in [4.78, 5) is 13.0. The number of rotatable bonds is 7. The van der Waals surface area contributed by atoms with Crippen molar-refractivity contribution in [1.29, 1.82) is 0 Å². The molecule has 2 heterocycles. The van der Waals surface area contributed by atoms with Crippen molar-refractivity contribution in [1.82, 2.24) is 14.8 Å². The molecule has 0 aliphatic heterocycles. The number of para-hydroxylation sites is 1. The largest absolute Gasteiger partial charge is 0.495 e. The third kappa shape index (κ3) is 4.77. The van der Waals surface area contributed by atoms with Gasteiger partial charge in [0.15, 0.2) is 11.0 Å². The Morgan fingerprint density at radius 1 is 1.18 bits per heavy atom. The highest BCUT2D eigenvalue weighted by Gasteiger charge is 2.24. The Balaban J connectivity index is 1.63. The van der Waals surface area contributed by atoms with E-state index in [0.717, 1.165) is 22.6 Å². The number of aromatic nitrogens is 3. The molecule has 0 aliphatic carbocycles. The summed E-state index contributed by atoms with van der Waals surface area (Å²) in [5.41, 5.74) is 3.15. The number of hydrogen-bond acceptors (Lipinski definition) is 6. The number of methoxy groups -OCH3 is 1. The van der Waals surface area contributed by atoms with Gasteiger partial charge >= 0.3 is 0 Å². The number of benzene rings is 2. The molecular formula is C24H23ClN4O3S. The molecule has 1 amide bonds. The van der Waals surface area contributed by atoms with E-state index in [-0.39, 0.29) is 5.91 Å². The lowest BCUT2D eigenvalue weighted by Crippen LogP contribution is -2.23. The van der Waals surface area contributed by atoms with Gasteiger partial charge in [-0.15, -0.1) is 10.2 Å². The molecule has 4 aromatic rings. The highest BCUT2D eigenvalue weighted by molar-refractivity contribution is 8.00. The van der Waals surface area contributed by atoms with E-state index in [0.29, 0.717) is 27.4 Å². The lowest BCUT2D eigenvalue weighted by atomic mass is 10.2. The highest BCUT2D eigenvalue weighted by Crippen LogP contribution is 2.34. The number of aryl methyl sites for hydroxylation is 2. The molecule has 0 fully saturated rings. The number of furan rings is 1. The average molecular weight is 483 g/mol. The second-order valence-electron chi connectivity index (χ2n) is 7.42. The molecule has 1 unspecified atom stereocenters. The van der Waals surface area contributed by atoms with Crippen LogP contribution in [0, 0.1) is 13.8 Å². The number of thioether (sulfide) groups is 1. The fourth-order valence-electron chi connectivity index (χ4n) is 3.32. The quantitative estimate of drug-likeness (QED) is 0.329. The maximum atomic E-state index is 13.0. The number of amides is 1. The first-order valence-electron chi connectivity index (χ1n) is 10.3. The van der Waals surface area contributed by atoms with Crippen molar-refractivity contribution >= 4 is 35.0 Å². The third-order valence-corrected chi connectivity index (χ3v) is 6.59. The Hall–Kier alpha value is -3.23. The van der Waals surface area contributed by atoms with Gasteiger partial charge in [-0.2, -0.15) is 0 Å². The zero-order chi connectivity index (χ0) is 23.5. The van der Waals surface area contributed by atoms with Gasteiger partial charge in [-0.1, -0.05) is 41.6 Å². The van der Waals surface area contributed by atoms with Crippen LogP contribution in [0.15, 0.2) is 64.4 Å². The number of nitrogens with one attached hydrogen (secondary N) is 1. The fourth-order valence-corrected chi connectivity index (χ4v) is 4.34. The minimum Gasteiger partial charge on any atom is -0.495 e. The Labute approximate surface area is 201 Å². The van der Waals surface area contributed by atoms with Crippen molar-refractivity contribution < 1.29 is 13.9 Å². The molecule has 2 aromatic heterocycles. The van der Waals surface area contributed by atoms with Gasteiger partial charge in [0.1, 0.15) is 11.5 Å². The Kier molecular flexibility index (Phi) is 6.76. The molecule has 9 heteroatoms. The lowest BCUT2D eigenvalue weighted by molar-refractivity contribution is -0.115. The topological polar surface area (TPSA) is 82.2 Å². The molecular weight excluding hydrogens is 460 g/mol. The molecule has 7 nitrogen and oxygen atoms in total. The zero-order valence-corrected chi connectivity index (χ0v) is 20.2. The Morgan fingerprint density at radius 3 is 2.61 bits per heavy atom. The lowest BCUT2D eigenvalue weighted by Gasteiger charge is -2.16. The first-order valence-corrected chi connectivity index (χ1v) is 11.5. The van der Waals surface area contributed by atoms with Crippen LogP contribution in [0.5, 0.6) is 5.75 Å². The van der Waals surface area contributed by atoms with Gasteiger partial charge in [0, 0.05) is 16.8 Å². The van der Waals surface area contributed by atoms with E-state index in [9.17, 15) is 4.79 Å². The first kappa shape index (κ1) is 22.9. The van der Waals surface area contributed by atoms with Crippen LogP contribution in [-0.4, -0.2) is 33.0 Å². The minimum absolute atomic E-state index is 0.191. The van der Waals surface area contributed by atoms with Crippen molar-refractivity contribution in [3.63, 3.8) is 0 Å². The smallest absolute Gasteiger partial charge is 0.237 e. The molecule has 0 aliphatic rings. The maximum Gasteiger partial charge on any atom is 0.237 e. The molecule has 0 saturated carbocycles. The van der Waals surface area contributed by atoms with Gasteiger partial charge in [-0.25, -0.2) is 0 Å². The van der Waals surface area contributed by atoms with E-state index in [1.165, 1.54) is 18.9 Å².